The van der Waals surface area contributed by atoms with Crippen LogP contribution in [0.4, 0.5) is 0 Å². The van der Waals surface area contributed by atoms with Gasteiger partial charge in [-0.15, -0.1) is 0 Å². The maximum atomic E-state index is 14.9. The molecule has 12 amide bonds. The fraction of sp³-hybridized carbons (Fsp3) is 0.576. The van der Waals surface area contributed by atoms with Crippen molar-refractivity contribution in [3.05, 3.63) is 54.2 Å². The number of carbonyl (C=O) groups is 14. The Morgan fingerprint density at radius 1 is 0.495 bits per heavy atom. The van der Waals surface area contributed by atoms with E-state index in [1.807, 2.05) is 0 Å². The van der Waals surface area contributed by atoms with Crippen molar-refractivity contribution in [3.8, 4) is 0 Å². The number of nitrogens with two attached hydrogens (primary N) is 6. The predicted molar refractivity (Wildman–Crippen MR) is 340 cm³/mol. The van der Waals surface area contributed by atoms with Gasteiger partial charge in [0.1, 0.15) is 54.4 Å². The normalized spacial score (nSPS) is 14.9. The van der Waals surface area contributed by atoms with Gasteiger partial charge < -0.3 is 113 Å². The molecule has 0 radical (unpaired) electrons. The van der Waals surface area contributed by atoms with Gasteiger partial charge in [-0.2, -0.15) is 0 Å². The average Bonchev–Trinajstić information content (AvgIpc) is 1.68. The summed E-state index contributed by atoms with van der Waals surface area (Å²) in [5.41, 5.74) is 34.9. The molecular formula is C59H93N19O17. The van der Waals surface area contributed by atoms with Crippen LogP contribution in [0.3, 0.4) is 0 Å². The number of aromatic amines is 2. The van der Waals surface area contributed by atoms with Crippen LogP contribution in [0, 0.1) is 5.92 Å². The number of aliphatic carboxylic acids is 2. The molecule has 526 valence electrons. The Hall–Kier alpha value is -9.65. The zero-order chi connectivity index (χ0) is 70.9. The lowest BCUT2D eigenvalue weighted by atomic mass is 9.97. The van der Waals surface area contributed by atoms with Gasteiger partial charge in [0.25, 0.3) is 0 Å². The second-order valence-corrected chi connectivity index (χ2v) is 22.8. The molecule has 0 bridgehead atoms. The highest BCUT2D eigenvalue weighted by Crippen LogP contribution is 2.20. The topological polar surface area (TPSA) is 621 Å². The van der Waals surface area contributed by atoms with Gasteiger partial charge in [-0.05, 0) is 102 Å². The third kappa shape index (κ3) is 27.5. The van der Waals surface area contributed by atoms with Gasteiger partial charge in [0.2, 0.25) is 70.9 Å². The SMILES string of the molecule is CC[C@H](C)[C@H](NC(=O)[C@H](CC(N)=O)NC(=O)[C@H](Cc1cnc[nH]1)NC(=O)[C@H](CCCCN)NC(=O)[C@H](Cc1c[nH]c2ccccc12)NC(=O)[C@H](CC(=O)O)NC(=O)[C@H](CC(N)=O)NC(=O)[C@H](CCCCN)NC(=O)[C@H](CCCCN)NC(=O)CN)C(=O)N[C@H](C(=O)O)[C@@H](C)O. The molecule has 36 heteroatoms. The van der Waals surface area contributed by atoms with Crippen LogP contribution in [-0.4, -0.2) is 206 Å². The molecule has 0 saturated heterocycles. The molecule has 0 aliphatic rings. The highest BCUT2D eigenvalue weighted by molar-refractivity contribution is 6.01. The zero-order valence-corrected chi connectivity index (χ0v) is 53.4. The Labute approximate surface area is 547 Å². The largest absolute Gasteiger partial charge is 0.481 e. The summed E-state index contributed by atoms with van der Waals surface area (Å²) in [5, 5.41) is 54.5. The minimum atomic E-state index is -2.07. The van der Waals surface area contributed by atoms with Crippen LogP contribution in [0.5, 0.6) is 0 Å². The number of H-pyrrole nitrogens is 2. The molecule has 95 heavy (non-hydrogen) atoms. The van der Waals surface area contributed by atoms with Crippen LogP contribution in [0.1, 0.15) is 115 Å². The Bertz CT molecular complexity index is 3090. The van der Waals surface area contributed by atoms with Gasteiger partial charge in [-0.3, -0.25) is 62.3 Å². The Kier molecular flexibility index (Phi) is 34.5. The van der Waals surface area contributed by atoms with E-state index in [1.54, 1.807) is 38.1 Å². The number of para-hydroxylation sites is 1. The van der Waals surface area contributed by atoms with E-state index in [2.05, 4.69) is 68.1 Å². The smallest absolute Gasteiger partial charge is 0.328 e. The quantitative estimate of drug-likeness (QED) is 0.0234. The number of aromatic nitrogens is 3. The number of nitrogens with one attached hydrogen (secondary N) is 12. The fourth-order valence-corrected chi connectivity index (χ4v) is 9.79. The van der Waals surface area contributed by atoms with Crippen LogP contribution in [0.2, 0.25) is 0 Å². The molecule has 3 aromatic rings. The van der Waals surface area contributed by atoms with Crippen molar-refractivity contribution in [1.82, 2.24) is 68.1 Å². The molecule has 0 saturated carbocycles. The molecule has 0 fully saturated rings. The van der Waals surface area contributed by atoms with Crippen LogP contribution in [0.25, 0.3) is 10.9 Å². The van der Waals surface area contributed by atoms with Crippen molar-refractivity contribution in [3.63, 3.8) is 0 Å². The summed E-state index contributed by atoms with van der Waals surface area (Å²) in [5.74, 6) is -16.7. The predicted octanol–water partition coefficient (Wildman–Crippen LogP) is -6.39. The first-order valence-electron chi connectivity index (χ1n) is 31.1. The second kappa shape index (κ2) is 41.1. The Balaban J connectivity index is 2.05. The van der Waals surface area contributed by atoms with Gasteiger partial charge in [0.15, 0.2) is 6.04 Å². The van der Waals surface area contributed by atoms with Crippen LogP contribution in [0.15, 0.2) is 43.0 Å². The number of fused-ring (bicyclic) bond motifs is 1. The maximum absolute atomic E-state index is 14.9. The number of primary amides is 2. The number of aliphatic hydroxyl groups excluding tert-OH is 1. The van der Waals surface area contributed by atoms with E-state index >= 15 is 0 Å². The lowest BCUT2D eigenvalue weighted by molar-refractivity contribution is -0.145. The van der Waals surface area contributed by atoms with Gasteiger partial charge in [0.05, 0.1) is 38.2 Å². The number of rotatable bonds is 46. The summed E-state index contributed by atoms with van der Waals surface area (Å²) in [6, 6.07) is -9.86. The number of hydrogen-bond acceptors (Lipinski definition) is 20. The van der Waals surface area contributed by atoms with E-state index in [9.17, 15) is 82.4 Å². The van der Waals surface area contributed by atoms with Crippen LogP contribution in [-0.2, 0) is 80.0 Å². The summed E-state index contributed by atoms with van der Waals surface area (Å²) in [6.07, 6.45) is 0.889. The number of imidazole rings is 1. The first kappa shape index (κ1) is 79.6. The zero-order valence-electron chi connectivity index (χ0n) is 53.4. The number of nitrogens with zero attached hydrogens (tertiary/aromatic N) is 1. The molecule has 0 aliphatic heterocycles. The first-order chi connectivity index (χ1) is 45.1. The summed E-state index contributed by atoms with van der Waals surface area (Å²) in [7, 11) is 0. The molecular weight excluding hydrogens is 1250 g/mol. The van der Waals surface area contributed by atoms with Crippen molar-refractivity contribution in [2.75, 3.05) is 26.2 Å². The van der Waals surface area contributed by atoms with Gasteiger partial charge in [-0.1, -0.05) is 38.5 Å². The number of amides is 12. The highest BCUT2D eigenvalue weighted by Gasteiger charge is 2.39. The van der Waals surface area contributed by atoms with Crippen molar-refractivity contribution < 1.29 is 82.4 Å². The fourth-order valence-electron chi connectivity index (χ4n) is 9.79. The van der Waals surface area contributed by atoms with E-state index in [0.717, 1.165) is 6.92 Å². The summed E-state index contributed by atoms with van der Waals surface area (Å²) in [4.78, 5) is 199. The van der Waals surface area contributed by atoms with E-state index in [0.29, 0.717) is 42.1 Å². The van der Waals surface area contributed by atoms with Crippen LogP contribution >= 0.6 is 0 Å². The number of unbranched alkanes of at least 4 members (excludes halogenated alkanes) is 3. The van der Waals surface area contributed by atoms with E-state index in [-0.39, 0.29) is 76.7 Å². The lowest BCUT2D eigenvalue weighted by Crippen LogP contribution is -2.62. The number of aliphatic hydroxyl groups is 1. The number of hydrogen-bond donors (Lipinski definition) is 21. The van der Waals surface area contributed by atoms with Gasteiger partial charge >= 0.3 is 11.9 Å². The molecule has 2 aromatic heterocycles. The summed E-state index contributed by atoms with van der Waals surface area (Å²) >= 11 is 0. The molecule has 36 nitrogen and oxygen atoms in total. The van der Waals surface area contributed by atoms with Gasteiger partial charge in [0, 0.05) is 41.8 Å². The Morgan fingerprint density at radius 2 is 0.905 bits per heavy atom. The monoisotopic (exact) mass is 1340 g/mol. The second-order valence-electron chi connectivity index (χ2n) is 22.8. The lowest BCUT2D eigenvalue weighted by Gasteiger charge is -2.29. The van der Waals surface area contributed by atoms with Crippen LogP contribution < -0.4 is 87.6 Å². The van der Waals surface area contributed by atoms with E-state index < -0.39 is 181 Å². The average molecular weight is 1340 g/mol. The van der Waals surface area contributed by atoms with Crippen molar-refractivity contribution in [2.45, 2.75) is 184 Å². The maximum Gasteiger partial charge on any atom is 0.328 e. The summed E-state index contributed by atoms with van der Waals surface area (Å²) < 4.78 is 0. The molecule has 0 unspecified atom stereocenters. The highest BCUT2D eigenvalue weighted by atomic mass is 16.4. The standard InChI is InChI=1S/C59H93N19O17/c1-4-30(2)48(58(93)78-49(31(3)79)59(94)95)77-57(92)42(24-45(65)81)75-54(89)40(22-33-28-66-29-68-33)73-51(86)38(17-9-12-20-62)71-53(88)39(21-32-27-67-35-14-6-5-13-34(32)35)72-56(91)43(25-47(83)84)76-55(90)41(23-44(64)80)74-52(87)37(16-8-11-19-61)70-50(85)36(15-7-10-18-60)69-46(82)26-63/h5-6,13-14,27-31,36-43,48-49,67,79H,4,7-12,15-26,60-63H2,1-3H3,(H2,64,80)(H2,65,81)(H,66,68)(H,69,82)(H,70,85)(H,71,88)(H,72,91)(H,73,86)(H,74,87)(H,75,89)(H,76,90)(H,77,92)(H,78,93)(H,83,84)(H,94,95)/t30-,31+,36-,37-,38-,39-,40-,41-,42-,43-,48-,49-/m0/s1. The number of benzene rings is 1. The number of carboxylic acid groups (broad SMARTS) is 2. The third-order valence-corrected chi connectivity index (χ3v) is 15.2. The molecule has 1 aromatic carbocycles. The summed E-state index contributed by atoms with van der Waals surface area (Å²) in [6.45, 7) is 4.44. The van der Waals surface area contributed by atoms with E-state index in [4.69, 9.17) is 34.4 Å². The minimum absolute atomic E-state index is 0.0727. The first-order valence-corrected chi connectivity index (χ1v) is 31.1. The molecule has 0 aliphatic carbocycles. The molecule has 0 spiro atoms. The molecule has 12 atom stereocenters. The minimum Gasteiger partial charge on any atom is -0.481 e. The van der Waals surface area contributed by atoms with Crippen molar-refractivity contribution in [2.24, 2.45) is 40.3 Å². The molecule has 27 N–H and O–H groups in total. The number of carboxylic acids is 2. The molecule has 3 rings (SSSR count). The van der Waals surface area contributed by atoms with Crippen molar-refractivity contribution >= 4 is 93.7 Å². The molecule has 2 heterocycles. The van der Waals surface area contributed by atoms with E-state index in [1.165, 1.54) is 18.7 Å². The van der Waals surface area contributed by atoms with Crippen molar-refractivity contribution in [1.29, 1.82) is 0 Å². The third-order valence-electron chi connectivity index (χ3n) is 15.2. The number of carbonyl (C=O) groups excluding carboxylic acids is 12. The van der Waals surface area contributed by atoms with Gasteiger partial charge in [-0.25, -0.2) is 9.78 Å². The Morgan fingerprint density at radius 3 is 1.33 bits per heavy atom.